The van der Waals surface area contributed by atoms with Crippen molar-refractivity contribution >= 4 is 30.7 Å². The molecular formula is C16H31Cl2N3O2. The quantitative estimate of drug-likeness (QED) is 0.791. The van der Waals surface area contributed by atoms with Crippen LogP contribution in [0.5, 0.6) is 0 Å². The Balaban J connectivity index is 0.00000132. The van der Waals surface area contributed by atoms with E-state index in [2.05, 4.69) is 22.5 Å². The van der Waals surface area contributed by atoms with Gasteiger partial charge in [-0.25, -0.2) is 0 Å². The molecular weight excluding hydrogens is 337 g/mol. The first-order valence-corrected chi connectivity index (χ1v) is 8.56. The van der Waals surface area contributed by atoms with Crippen LogP contribution in [0.2, 0.25) is 0 Å². The lowest BCUT2D eigenvalue weighted by atomic mass is 9.86. The van der Waals surface area contributed by atoms with Crippen LogP contribution in [0.4, 0.5) is 0 Å². The van der Waals surface area contributed by atoms with Crippen LogP contribution in [0, 0.1) is 5.92 Å². The number of carbonyl (C=O) groups is 1. The molecule has 0 aromatic heterocycles. The maximum Gasteiger partial charge on any atom is 0.224 e. The summed E-state index contributed by atoms with van der Waals surface area (Å²) < 4.78 is 5.51. The zero-order chi connectivity index (χ0) is 14.7. The van der Waals surface area contributed by atoms with Crippen LogP contribution < -0.4 is 10.6 Å². The van der Waals surface area contributed by atoms with Crippen molar-refractivity contribution in [2.24, 2.45) is 5.92 Å². The van der Waals surface area contributed by atoms with Crippen LogP contribution in [0.15, 0.2) is 0 Å². The Morgan fingerprint density at radius 3 is 2.48 bits per heavy atom. The zero-order valence-electron chi connectivity index (χ0n) is 14.0. The summed E-state index contributed by atoms with van der Waals surface area (Å²) in [4.78, 5) is 15.0. The van der Waals surface area contributed by atoms with E-state index in [-0.39, 0.29) is 48.2 Å². The molecule has 0 aromatic rings. The lowest BCUT2D eigenvalue weighted by Crippen LogP contribution is -2.62. The number of morpholine rings is 1. The molecule has 136 valence electrons. The molecule has 23 heavy (non-hydrogen) atoms. The molecule has 1 aliphatic carbocycles. The van der Waals surface area contributed by atoms with Gasteiger partial charge in [-0.2, -0.15) is 0 Å². The lowest BCUT2D eigenvalue weighted by Gasteiger charge is -2.47. The van der Waals surface area contributed by atoms with Gasteiger partial charge in [0.05, 0.1) is 19.1 Å². The molecule has 0 radical (unpaired) electrons. The van der Waals surface area contributed by atoms with E-state index in [9.17, 15) is 4.79 Å². The number of carbonyl (C=O) groups excluding carboxylic acids is 1. The maximum atomic E-state index is 12.4. The standard InChI is InChI=1S/C16H29N3O2.2ClH/c1-13(18-15(20)14-4-7-17-12-14)16(5-2-3-6-16)19-8-10-21-11-9-19;;/h13-14,17H,2-12H2,1H3,(H,18,20);2*1H. The minimum atomic E-state index is 0. The van der Waals surface area contributed by atoms with E-state index < -0.39 is 0 Å². The molecule has 3 rings (SSSR count). The van der Waals surface area contributed by atoms with Gasteiger partial charge in [0.1, 0.15) is 0 Å². The van der Waals surface area contributed by atoms with Gasteiger partial charge < -0.3 is 15.4 Å². The Hall–Kier alpha value is -0.0700. The molecule has 2 aliphatic heterocycles. The summed E-state index contributed by atoms with van der Waals surface area (Å²) in [5, 5.41) is 6.62. The number of rotatable bonds is 4. The predicted molar refractivity (Wildman–Crippen MR) is 96.7 cm³/mol. The maximum absolute atomic E-state index is 12.4. The summed E-state index contributed by atoms with van der Waals surface area (Å²) in [6.45, 7) is 7.69. The van der Waals surface area contributed by atoms with E-state index in [4.69, 9.17) is 4.74 Å². The number of hydrogen-bond donors (Lipinski definition) is 2. The van der Waals surface area contributed by atoms with Gasteiger partial charge in [0.25, 0.3) is 0 Å². The third-order valence-corrected chi connectivity index (χ3v) is 5.71. The van der Waals surface area contributed by atoms with Gasteiger partial charge in [-0.05, 0) is 32.7 Å². The fourth-order valence-electron chi connectivity index (χ4n) is 4.36. The van der Waals surface area contributed by atoms with Gasteiger partial charge in [-0.3, -0.25) is 9.69 Å². The van der Waals surface area contributed by atoms with Crippen LogP contribution >= 0.6 is 24.8 Å². The zero-order valence-corrected chi connectivity index (χ0v) is 15.6. The van der Waals surface area contributed by atoms with E-state index in [0.29, 0.717) is 0 Å². The fraction of sp³-hybridized carbons (Fsp3) is 0.938. The minimum absolute atomic E-state index is 0. The SMILES string of the molecule is CC(NC(=O)C1CCNC1)C1(N2CCOCC2)CCCC1.Cl.Cl. The average molecular weight is 368 g/mol. The van der Waals surface area contributed by atoms with Crippen molar-refractivity contribution in [1.29, 1.82) is 0 Å². The minimum Gasteiger partial charge on any atom is -0.379 e. The number of halogens is 2. The molecule has 0 spiro atoms. The van der Waals surface area contributed by atoms with Crippen molar-refractivity contribution < 1.29 is 9.53 Å². The molecule has 2 heterocycles. The summed E-state index contributed by atoms with van der Waals surface area (Å²) in [5.74, 6) is 0.405. The Bertz CT molecular complexity index is 366. The summed E-state index contributed by atoms with van der Waals surface area (Å²) in [6.07, 6.45) is 5.95. The van der Waals surface area contributed by atoms with Crippen LogP contribution in [0.25, 0.3) is 0 Å². The van der Waals surface area contributed by atoms with Gasteiger partial charge in [-0.1, -0.05) is 12.8 Å². The number of ether oxygens (including phenoxy) is 1. The second kappa shape index (κ2) is 9.42. The van der Waals surface area contributed by atoms with Gasteiger partial charge in [-0.15, -0.1) is 24.8 Å². The highest BCUT2D eigenvalue weighted by atomic mass is 35.5. The Morgan fingerprint density at radius 2 is 1.91 bits per heavy atom. The van der Waals surface area contributed by atoms with Crippen molar-refractivity contribution in [3.05, 3.63) is 0 Å². The smallest absolute Gasteiger partial charge is 0.224 e. The van der Waals surface area contributed by atoms with E-state index in [1.807, 2.05) is 0 Å². The Kier molecular flexibility index (Phi) is 8.59. The Labute approximate surface area is 152 Å². The monoisotopic (exact) mass is 367 g/mol. The predicted octanol–water partition coefficient (Wildman–Crippen LogP) is 1.59. The van der Waals surface area contributed by atoms with Crippen molar-refractivity contribution in [3.8, 4) is 0 Å². The number of nitrogens with zero attached hydrogens (tertiary/aromatic N) is 1. The molecule has 2 atom stereocenters. The second-order valence-corrected chi connectivity index (χ2v) is 6.83. The molecule has 7 heteroatoms. The molecule has 2 unspecified atom stereocenters. The molecule has 1 saturated carbocycles. The van der Waals surface area contributed by atoms with Gasteiger partial charge in [0.15, 0.2) is 0 Å². The van der Waals surface area contributed by atoms with Crippen LogP contribution in [0.1, 0.15) is 39.0 Å². The summed E-state index contributed by atoms with van der Waals surface area (Å²) in [6, 6.07) is 0.228. The highest BCUT2D eigenvalue weighted by molar-refractivity contribution is 5.85. The molecule has 1 amide bonds. The molecule has 0 bridgehead atoms. The molecule has 3 fully saturated rings. The highest BCUT2D eigenvalue weighted by Gasteiger charge is 2.45. The third-order valence-electron chi connectivity index (χ3n) is 5.71. The van der Waals surface area contributed by atoms with Crippen molar-refractivity contribution in [3.63, 3.8) is 0 Å². The normalized spacial score (nSPS) is 28.5. The number of hydrogen-bond acceptors (Lipinski definition) is 4. The largest absolute Gasteiger partial charge is 0.379 e. The number of amides is 1. The van der Waals surface area contributed by atoms with Gasteiger partial charge in [0, 0.05) is 31.2 Å². The van der Waals surface area contributed by atoms with Gasteiger partial charge >= 0.3 is 0 Å². The first-order chi connectivity index (χ1) is 10.2. The second-order valence-electron chi connectivity index (χ2n) is 6.83. The molecule has 0 aromatic carbocycles. The van der Waals surface area contributed by atoms with E-state index >= 15 is 0 Å². The van der Waals surface area contributed by atoms with E-state index in [1.54, 1.807) is 0 Å². The summed E-state index contributed by atoms with van der Waals surface area (Å²) >= 11 is 0. The summed E-state index contributed by atoms with van der Waals surface area (Å²) in [7, 11) is 0. The average Bonchev–Trinajstić information content (AvgIpc) is 3.20. The topological polar surface area (TPSA) is 53.6 Å². The molecule has 3 aliphatic rings. The third kappa shape index (κ3) is 4.51. The lowest BCUT2D eigenvalue weighted by molar-refractivity contribution is -0.126. The first-order valence-electron chi connectivity index (χ1n) is 8.56. The van der Waals surface area contributed by atoms with Crippen LogP contribution in [-0.4, -0.2) is 61.8 Å². The first kappa shape index (κ1) is 21.0. The molecule has 5 nitrogen and oxygen atoms in total. The molecule has 2 saturated heterocycles. The van der Waals surface area contributed by atoms with Crippen molar-refractivity contribution in [2.75, 3.05) is 39.4 Å². The summed E-state index contributed by atoms with van der Waals surface area (Å²) in [5.41, 5.74) is 0.158. The van der Waals surface area contributed by atoms with Gasteiger partial charge in [0.2, 0.25) is 5.91 Å². The van der Waals surface area contributed by atoms with E-state index in [0.717, 1.165) is 45.8 Å². The Morgan fingerprint density at radius 1 is 1.26 bits per heavy atom. The number of nitrogens with one attached hydrogen (secondary N) is 2. The van der Waals surface area contributed by atoms with Crippen molar-refractivity contribution in [1.82, 2.24) is 15.5 Å². The van der Waals surface area contributed by atoms with Crippen LogP contribution in [0.3, 0.4) is 0 Å². The van der Waals surface area contributed by atoms with E-state index in [1.165, 1.54) is 25.7 Å². The fourth-order valence-corrected chi connectivity index (χ4v) is 4.36. The molecule has 2 N–H and O–H groups in total. The van der Waals surface area contributed by atoms with Crippen LogP contribution in [-0.2, 0) is 9.53 Å². The highest BCUT2D eigenvalue weighted by Crippen LogP contribution is 2.38. The van der Waals surface area contributed by atoms with Crippen molar-refractivity contribution in [2.45, 2.75) is 50.6 Å².